The van der Waals surface area contributed by atoms with Crippen molar-refractivity contribution in [2.75, 3.05) is 13.2 Å². The molecule has 0 bridgehead atoms. The van der Waals surface area contributed by atoms with Gasteiger partial charge in [0.05, 0.1) is 13.2 Å². The van der Waals surface area contributed by atoms with Crippen LogP contribution in [0.1, 0.15) is 57.8 Å². The van der Waals surface area contributed by atoms with Gasteiger partial charge in [0.2, 0.25) is 0 Å². The molecular formula is C14H26O2. The van der Waals surface area contributed by atoms with E-state index in [1.165, 1.54) is 44.9 Å². The van der Waals surface area contributed by atoms with Crippen molar-refractivity contribution in [3.8, 4) is 0 Å². The van der Waals surface area contributed by atoms with Crippen molar-refractivity contribution in [1.82, 2.24) is 0 Å². The molecule has 1 rings (SSSR count). The molecule has 94 valence electrons. The van der Waals surface area contributed by atoms with Crippen LogP contribution in [0.4, 0.5) is 0 Å². The lowest BCUT2D eigenvalue weighted by Gasteiger charge is -2.22. The second-order valence-corrected chi connectivity index (χ2v) is 4.51. The Labute approximate surface area is 100 Å². The molecule has 0 radical (unpaired) electrons. The third-order valence-corrected chi connectivity index (χ3v) is 2.99. The van der Waals surface area contributed by atoms with E-state index in [9.17, 15) is 0 Å². The summed E-state index contributed by atoms with van der Waals surface area (Å²) in [6, 6.07) is 0. The third kappa shape index (κ3) is 7.02. The Hall–Kier alpha value is -0.340. The Morgan fingerprint density at radius 1 is 0.938 bits per heavy atom. The molecule has 0 unspecified atom stereocenters. The fourth-order valence-electron chi connectivity index (χ4n) is 2.01. The average molecular weight is 226 g/mol. The van der Waals surface area contributed by atoms with Crippen molar-refractivity contribution in [3.05, 3.63) is 12.7 Å². The van der Waals surface area contributed by atoms with Crippen LogP contribution in [0.15, 0.2) is 12.7 Å². The zero-order valence-electron chi connectivity index (χ0n) is 10.5. The molecule has 2 nitrogen and oxygen atoms in total. The highest BCUT2D eigenvalue weighted by molar-refractivity contribution is 4.65. The molecule has 1 fully saturated rings. The summed E-state index contributed by atoms with van der Waals surface area (Å²) in [5.74, 6) is 0. The van der Waals surface area contributed by atoms with Crippen molar-refractivity contribution >= 4 is 0 Å². The Morgan fingerprint density at radius 2 is 1.56 bits per heavy atom. The van der Waals surface area contributed by atoms with Crippen molar-refractivity contribution < 1.29 is 9.47 Å². The van der Waals surface area contributed by atoms with E-state index < -0.39 is 0 Å². The zero-order chi connectivity index (χ0) is 11.5. The largest absolute Gasteiger partial charge is 0.353 e. The topological polar surface area (TPSA) is 18.5 Å². The van der Waals surface area contributed by atoms with E-state index in [0.29, 0.717) is 0 Å². The lowest BCUT2D eigenvalue weighted by atomic mass is 10.1. The van der Waals surface area contributed by atoms with Crippen LogP contribution in [0, 0.1) is 0 Å². The van der Waals surface area contributed by atoms with Gasteiger partial charge >= 0.3 is 0 Å². The van der Waals surface area contributed by atoms with Gasteiger partial charge in [-0.05, 0) is 32.1 Å². The summed E-state index contributed by atoms with van der Waals surface area (Å²) in [6.45, 7) is 5.49. The number of unbranched alkanes of at least 4 members (excludes halogenated alkanes) is 6. The van der Waals surface area contributed by atoms with E-state index in [-0.39, 0.29) is 6.29 Å². The lowest BCUT2D eigenvalue weighted by Crippen LogP contribution is -2.24. The molecule has 0 atom stereocenters. The van der Waals surface area contributed by atoms with Gasteiger partial charge in [-0.25, -0.2) is 0 Å². The highest BCUT2D eigenvalue weighted by atomic mass is 16.7. The predicted molar refractivity (Wildman–Crippen MR) is 67.4 cm³/mol. The second kappa shape index (κ2) is 9.86. The van der Waals surface area contributed by atoms with Crippen LogP contribution in [0.5, 0.6) is 0 Å². The normalized spacial score (nSPS) is 17.5. The summed E-state index contributed by atoms with van der Waals surface area (Å²) in [7, 11) is 0. The van der Waals surface area contributed by atoms with E-state index in [1.807, 2.05) is 6.08 Å². The molecule has 2 heteroatoms. The summed E-state index contributed by atoms with van der Waals surface area (Å²) in [6.07, 6.45) is 13.3. The van der Waals surface area contributed by atoms with Gasteiger partial charge in [-0.3, -0.25) is 0 Å². The van der Waals surface area contributed by atoms with Gasteiger partial charge in [-0.2, -0.15) is 0 Å². The van der Waals surface area contributed by atoms with Gasteiger partial charge in [-0.15, -0.1) is 6.58 Å². The maximum atomic E-state index is 5.50. The van der Waals surface area contributed by atoms with Gasteiger partial charge in [-0.1, -0.05) is 31.8 Å². The molecular weight excluding hydrogens is 200 g/mol. The molecule has 0 aromatic rings. The van der Waals surface area contributed by atoms with Gasteiger partial charge in [0.25, 0.3) is 0 Å². The van der Waals surface area contributed by atoms with E-state index in [2.05, 4.69) is 6.58 Å². The Kier molecular flexibility index (Phi) is 8.45. The molecule has 0 saturated carbocycles. The molecule has 16 heavy (non-hydrogen) atoms. The molecule has 1 saturated heterocycles. The van der Waals surface area contributed by atoms with E-state index in [4.69, 9.17) is 9.47 Å². The fraction of sp³-hybridized carbons (Fsp3) is 0.857. The molecule has 0 amide bonds. The standard InChI is InChI=1S/C14H26O2/c1-2-3-4-5-6-7-8-9-11-14-15-12-10-13-16-14/h2,14H,1,3-13H2. The first-order valence-electron chi connectivity index (χ1n) is 6.77. The fourth-order valence-corrected chi connectivity index (χ4v) is 2.01. The van der Waals surface area contributed by atoms with Gasteiger partial charge in [0.15, 0.2) is 6.29 Å². The minimum Gasteiger partial charge on any atom is -0.353 e. The summed E-state index contributed by atoms with van der Waals surface area (Å²) in [4.78, 5) is 0. The molecule has 0 aromatic carbocycles. The van der Waals surface area contributed by atoms with Crippen LogP contribution in [-0.2, 0) is 9.47 Å². The Morgan fingerprint density at radius 3 is 2.25 bits per heavy atom. The van der Waals surface area contributed by atoms with Gasteiger partial charge in [0.1, 0.15) is 0 Å². The van der Waals surface area contributed by atoms with Crippen molar-refractivity contribution in [2.45, 2.75) is 64.1 Å². The van der Waals surface area contributed by atoms with E-state index >= 15 is 0 Å². The molecule has 0 N–H and O–H groups in total. The maximum absolute atomic E-state index is 5.50. The Balaban J connectivity index is 1.78. The maximum Gasteiger partial charge on any atom is 0.157 e. The smallest absolute Gasteiger partial charge is 0.157 e. The number of allylic oxidation sites excluding steroid dienone is 1. The third-order valence-electron chi connectivity index (χ3n) is 2.99. The average Bonchev–Trinajstić information content (AvgIpc) is 2.34. The molecule has 1 aliphatic rings. The predicted octanol–water partition coefficient (Wildman–Crippen LogP) is 4.06. The number of rotatable bonds is 9. The van der Waals surface area contributed by atoms with E-state index in [1.54, 1.807) is 0 Å². The first-order chi connectivity index (χ1) is 7.93. The zero-order valence-corrected chi connectivity index (χ0v) is 10.5. The minimum absolute atomic E-state index is 0.0921. The summed E-state index contributed by atoms with van der Waals surface area (Å²) in [5.41, 5.74) is 0. The molecule has 1 heterocycles. The number of hydrogen-bond acceptors (Lipinski definition) is 2. The summed E-state index contributed by atoms with van der Waals surface area (Å²) in [5, 5.41) is 0. The van der Waals surface area contributed by atoms with Crippen LogP contribution < -0.4 is 0 Å². The van der Waals surface area contributed by atoms with Crippen LogP contribution in [0.25, 0.3) is 0 Å². The molecule has 1 aliphatic heterocycles. The van der Waals surface area contributed by atoms with Crippen LogP contribution >= 0.6 is 0 Å². The summed E-state index contributed by atoms with van der Waals surface area (Å²) < 4.78 is 11.0. The molecule has 0 aliphatic carbocycles. The second-order valence-electron chi connectivity index (χ2n) is 4.51. The van der Waals surface area contributed by atoms with Crippen LogP contribution in [0.3, 0.4) is 0 Å². The van der Waals surface area contributed by atoms with Gasteiger partial charge in [0, 0.05) is 0 Å². The monoisotopic (exact) mass is 226 g/mol. The van der Waals surface area contributed by atoms with Crippen LogP contribution in [-0.4, -0.2) is 19.5 Å². The summed E-state index contributed by atoms with van der Waals surface area (Å²) >= 11 is 0. The van der Waals surface area contributed by atoms with Crippen molar-refractivity contribution in [2.24, 2.45) is 0 Å². The van der Waals surface area contributed by atoms with E-state index in [0.717, 1.165) is 26.1 Å². The molecule has 0 aromatic heterocycles. The van der Waals surface area contributed by atoms with Crippen LogP contribution in [0.2, 0.25) is 0 Å². The molecule has 0 spiro atoms. The SMILES string of the molecule is C=CCCCCCCCCC1OCCCO1. The van der Waals surface area contributed by atoms with Gasteiger partial charge < -0.3 is 9.47 Å². The first kappa shape index (κ1) is 13.7. The highest BCUT2D eigenvalue weighted by Crippen LogP contribution is 2.14. The quantitative estimate of drug-likeness (QED) is 0.436. The highest BCUT2D eigenvalue weighted by Gasteiger charge is 2.12. The van der Waals surface area contributed by atoms with Crippen molar-refractivity contribution in [1.29, 1.82) is 0 Å². The first-order valence-corrected chi connectivity index (χ1v) is 6.77. The number of hydrogen-bond donors (Lipinski definition) is 0. The van der Waals surface area contributed by atoms with Crippen molar-refractivity contribution in [3.63, 3.8) is 0 Å². The number of ether oxygens (including phenoxy) is 2. The Bertz CT molecular complexity index is 162. The minimum atomic E-state index is 0.0921. The lowest BCUT2D eigenvalue weighted by molar-refractivity contribution is -0.181.